The Kier molecular flexibility index (Phi) is 7.83. The summed E-state index contributed by atoms with van der Waals surface area (Å²) in [6.45, 7) is 4.62. The maximum atomic E-state index is 13.1. The molecular formula is C23H30N6O4. The Labute approximate surface area is 192 Å². The van der Waals surface area contributed by atoms with Crippen molar-refractivity contribution >= 4 is 28.8 Å². The lowest BCUT2D eigenvalue weighted by Crippen LogP contribution is -2.17. The Morgan fingerprint density at radius 3 is 2.73 bits per heavy atom. The molecule has 0 fully saturated rings. The summed E-state index contributed by atoms with van der Waals surface area (Å²) < 4.78 is 9.29. The zero-order chi connectivity index (χ0) is 24.0. The van der Waals surface area contributed by atoms with E-state index in [0.29, 0.717) is 53.4 Å². The van der Waals surface area contributed by atoms with Gasteiger partial charge in [0.05, 0.1) is 23.4 Å². The smallest absolute Gasteiger partial charge is 0.261 e. The predicted molar refractivity (Wildman–Crippen MR) is 125 cm³/mol. The molecule has 0 saturated heterocycles. The fourth-order valence-electron chi connectivity index (χ4n) is 3.50. The number of primary amides is 1. The van der Waals surface area contributed by atoms with Gasteiger partial charge in [0.15, 0.2) is 0 Å². The maximum Gasteiger partial charge on any atom is 0.261 e. The number of nitrogens with zero attached hydrogens (tertiary/aromatic N) is 4. The molecule has 2 aromatic heterocycles. The number of imidazole rings is 1. The molecule has 2 amide bonds. The first-order valence-corrected chi connectivity index (χ1v) is 11.0. The summed E-state index contributed by atoms with van der Waals surface area (Å²) in [4.78, 5) is 29.5. The second-order valence-corrected chi connectivity index (χ2v) is 7.53. The third-order valence-electron chi connectivity index (χ3n) is 5.05. The first kappa shape index (κ1) is 24.0. The monoisotopic (exact) mass is 454 g/mol. The highest BCUT2D eigenvalue weighted by Gasteiger charge is 2.21. The van der Waals surface area contributed by atoms with Crippen LogP contribution in [-0.4, -0.2) is 49.5 Å². The molecular weight excluding hydrogens is 424 g/mol. The minimum absolute atomic E-state index is 0.0245. The number of rotatable bonds is 11. The normalized spacial score (nSPS) is 11.4. The van der Waals surface area contributed by atoms with Crippen molar-refractivity contribution in [3.8, 4) is 5.75 Å². The molecule has 33 heavy (non-hydrogen) atoms. The highest BCUT2D eigenvalue weighted by Crippen LogP contribution is 2.31. The molecule has 0 saturated carbocycles. The zero-order valence-corrected chi connectivity index (χ0v) is 19.2. The van der Waals surface area contributed by atoms with Crippen molar-refractivity contribution in [1.29, 1.82) is 0 Å². The van der Waals surface area contributed by atoms with Gasteiger partial charge >= 0.3 is 0 Å². The van der Waals surface area contributed by atoms with Crippen molar-refractivity contribution in [2.75, 3.05) is 18.5 Å². The van der Waals surface area contributed by atoms with Crippen LogP contribution in [0.5, 0.6) is 5.75 Å². The summed E-state index contributed by atoms with van der Waals surface area (Å²) in [5.41, 5.74) is 7.99. The lowest BCUT2D eigenvalue weighted by molar-refractivity contribution is 0.0997. The van der Waals surface area contributed by atoms with Crippen LogP contribution in [-0.2, 0) is 20.0 Å². The van der Waals surface area contributed by atoms with Crippen LogP contribution in [0.15, 0.2) is 30.5 Å². The maximum absolute atomic E-state index is 13.1. The Hall–Kier alpha value is -3.66. The molecule has 4 N–H and O–H groups in total. The minimum Gasteiger partial charge on any atom is -0.491 e. The number of nitrogens with two attached hydrogens (primary N) is 1. The molecule has 0 aliphatic carbocycles. The van der Waals surface area contributed by atoms with Crippen LogP contribution in [0.1, 0.15) is 53.1 Å². The van der Waals surface area contributed by atoms with Gasteiger partial charge in [0.1, 0.15) is 11.3 Å². The summed E-state index contributed by atoms with van der Waals surface area (Å²) in [5, 5.41) is 16.3. The molecule has 0 atom stereocenters. The van der Waals surface area contributed by atoms with Gasteiger partial charge in [0, 0.05) is 38.4 Å². The minimum atomic E-state index is -0.613. The number of allylic oxidation sites excluding steroid dienone is 2. The van der Waals surface area contributed by atoms with E-state index >= 15 is 0 Å². The third kappa shape index (κ3) is 5.40. The van der Waals surface area contributed by atoms with Gasteiger partial charge < -0.3 is 20.1 Å². The Bertz CT molecular complexity index is 1180. The fourth-order valence-corrected chi connectivity index (χ4v) is 3.50. The summed E-state index contributed by atoms with van der Waals surface area (Å²) in [6, 6.07) is 3.14. The van der Waals surface area contributed by atoms with E-state index in [0.717, 1.165) is 6.42 Å². The van der Waals surface area contributed by atoms with Gasteiger partial charge in [-0.2, -0.15) is 5.10 Å². The van der Waals surface area contributed by atoms with Crippen molar-refractivity contribution in [2.24, 2.45) is 12.8 Å². The van der Waals surface area contributed by atoms with Gasteiger partial charge in [0.25, 0.3) is 5.91 Å². The van der Waals surface area contributed by atoms with E-state index in [1.165, 1.54) is 0 Å². The molecule has 3 aromatic rings. The molecule has 0 unspecified atom stereocenters. The van der Waals surface area contributed by atoms with Crippen LogP contribution in [0, 0.1) is 0 Å². The average molecular weight is 455 g/mol. The predicted octanol–water partition coefficient (Wildman–Crippen LogP) is 2.41. The number of nitrogens with one attached hydrogen (secondary N) is 1. The van der Waals surface area contributed by atoms with E-state index < -0.39 is 5.91 Å². The molecule has 0 aliphatic heterocycles. The van der Waals surface area contributed by atoms with Crippen LogP contribution >= 0.6 is 0 Å². The molecule has 10 nitrogen and oxygen atoms in total. The van der Waals surface area contributed by atoms with Crippen molar-refractivity contribution in [3.05, 3.63) is 47.3 Å². The molecule has 0 radical (unpaired) electrons. The second-order valence-electron chi connectivity index (χ2n) is 7.53. The second kappa shape index (κ2) is 10.8. The van der Waals surface area contributed by atoms with Crippen LogP contribution in [0.3, 0.4) is 0 Å². The van der Waals surface area contributed by atoms with E-state index in [-0.39, 0.29) is 24.7 Å². The van der Waals surface area contributed by atoms with Crippen LogP contribution in [0.25, 0.3) is 11.0 Å². The van der Waals surface area contributed by atoms with Gasteiger partial charge in [0.2, 0.25) is 11.9 Å². The number of aromatic nitrogens is 4. The summed E-state index contributed by atoms with van der Waals surface area (Å²) in [7, 11) is 1.77. The standard InChI is InChI=1S/C23H30N6O4/c1-4-6-7-9-29-20-18(12-15(21(24)31)13-19(20)33-11-8-10-30)25-23(29)26-22(32)16-14-28(3)27-17(16)5-2/h6-7,12-14,30H,4-5,8-11H2,1-3H3,(H2,24,31)(H,25,26,32)/b7-6+. The molecule has 10 heteroatoms. The lowest BCUT2D eigenvalue weighted by atomic mass is 10.1. The number of aliphatic hydroxyl groups excluding tert-OH is 1. The number of aryl methyl sites for hydroxylation is 2. The van der Waals surface area contributed by atoms with E-state index in [1.807, 2.05) is 30.6 Å². The number of fused-ring (bicyclic) bond motifs is 1. The van der Waals surface area contributed by atoms with E-state index in [9.17, 15) is 9.59 Å². The average Bonchev–Trinajstić information content (AvgIpc) is 3.33. The number of benzene rings is 1. The number of hydrogen-bond acceptors (Lipinski definition) is 6. The van der Waals surface area contributed by atoms with Crippen LogP contribution in [0.2, 0.25) is 0 Å². The first-order valence-electron chi connectivity index (χ1n) is 11.0. The topological polar surface area (TPSA) is 137 Å². The highest BCUT2D eigenvalue weighted by molar-refractivity contribution is 6.05. The van der Waals surface area contributed by atoms with Crippen molar-refractivity contribution in [2.45, 2.75) is 39.7 Å². The highest BCUT2D eigenvalue weighted by atomic mass is 16.5. The van der Waals surface area contributed by atoms with Crippen molar-refractivity contribution < 1.29 is 19.4 Å². The van der Waals surface area contributed by atoms with E-state index in [1.54, 1.807) is 30.1 Å². The van der Waals surface area contributed by atoms with E-state index in [2.05, 4.69) is 15.4 Å². The fraction of sp³-hybridized carbons (Fsp3) is 0.391. The molecule has 1 aromatic carbocycles. The quantitative estimate of drug-likeness (QED) is 0.301. The van der Waals surface area contributed by atoms with Crippen molar-refractivity contribution in [1.82, 2.24) is 19.3 Å². The van der Waals surface area contributed by atoms with Crippen LogP contribution < -0.4 is 15.8 Å². The largest absolute Gasteiger partial charge is 0.491 e. The number of amides is 2. The number of carbonyl (C=O) groups is 2. The van der Waals surface area contributed by atoms with Crippen LogP contribution in [0.4, 0.5) is 5.95 Å². The molecule has 3 rings (SSSR count). The van der Waals surface area contributed by atoms with Gasteiger partial charge in [-0.15, -0.1) is 0 Å². The van der Waals surface area contributed by atoms with Gasteiger partial charge in [-0.3, -0.25) is 19.6 Å². The molecule has 176 valence electrons. The Morgan fingerprint density at radius 2 is 2.06 bits per heavy atom. The number of aliphatic hydroxyl groups is 1. The van der Waals surface area contributed by atoms with Gasteiger partial charge in [-0.05, 0) is 25.0 Å². The third-order valence-corrected chi connectivity index (χ3v) is 5.05. The zero-order valence-electron chi connectivity index (χ0n) is 19.2. The van der Waals surface area contributed by atoms with Crippen molar-refractivity contribution in [3.63, 3.8) is 0 Å². The summed E-state index contributed by atoms with van der Waals surface area (Å²) in [5.74, 6) is -0.217. The SMILES string of the molecule is CC/C=C/Cn1c(NC(=O)c2cn(C)nc2CC)nc2cc(C(N)=O)cc(OCCCO)c21. The molecule has 2 heterocycles. The van der Waals surface area contributed by atoms with Gasteiger partial charge in [-0.25, -0.2) is 4.98 Å². The number of hydrogen-bond donors (Lipinski definition) is 3. The first-order chi connectivity index (χ1) is 15.9. The Balaban J connectivity index is 2.11. The molecule has 0 spiro atoms. The Morgan fingerprint density at radius 1 is 1.27 bits per heavy atom. The molecule has 0 aliphatic rings. The lowest BCUT2D eigenvalue weighted by Gasteiger charge is -2.12. The number of carbonyl (C=O) groups excluding carboxylic acids is 2. The summed E-state index contributed by atoms with van der Waals surface area (Å²) >= 11 is 0. The van der Waals surface area contributed by atoms with Gasteiger partial charge in [-0.1, -0.05) is 26.0 Å². The number of ether oxygens (including phenoxy) is 1. The summed E-state index contributed by atoms with van der Waals surface area (Å²) in [6.07, 6.45) is 7.55. The van der Waals surface area contributed by atoms with E-state index in [4.69, 9.17) is 15.6 Å². The molecule has 0 bridgehead atoms. The number of anilines is 1.